The molecule has 200 valence electrons. The predicted octanol–water partition coefficient (Wildman–Crippen LogP) is 4.61. The molecule has 0 N–H and O–H groups in total. The zero-order chi connectivity index (χ0) is 27.1. The van der Waals surface area contributed by atoms with Gasteiger partial charge in [-0.15, -0.1) is 5.10 Å². The standard InChI is InChI=1S/C29H29BrN6O3/c1-18-5-3-4-6-25(18)36-16-24(32-33-36)19-7-10-35(11-8-19)28-21-13-23(30)27(39-20-9-12-38-17-20)14-26(21)34(2)29(37)22(28)15-31/h3-6,13-14,16,19-20H,7-12,17H2,1-2H3/t20-/m1/s1. The number of piperidine rings is 1. The third-order valence-electron chi connectivity index (χ3n) is 7.82. The van der Waals surface area contributed by atoms with Crippen molar-refractivity contribution in [2.45, 2.75) is 38.2 Å². The van der Waals surface area contributed by atoms with Crippen LogP contribution in [0.4, 0.5) is 5.69 Å². The molecule has 2 aromatic heterocycles. The zero-order valence-electron chi connectivity index (χ0n) is 21.9. The summed E-state index contributed by atoms with van der Waals surface area (Å²) in [6, 6.07) is 14.2. The van der Waals surface area contributed by atoms with Gasteiger partial charge >= 0.3 is 0 Å². The summed E-state index contributed by atoms with van der Waals surface area (Å²) in [5.41, 5.74) is 4.41. The number of anilines is 1. The van der Waals surface area contributed by atoms with E-state index in [9.17, 15) is 10.1 Å². The summed E-state index contributed by atoms with van der Waals surface area (Å²) >= 11 is 3.67. The average Bonchev–Trinajstić information content (AvgIpc) is 3.65. The first kappa shape index (κ1) is 25.6. The van der Waals surface area contributed by atoms with Gasteiger partial charge in [-0.05, 0) is 53.4 Å². The molecular weight excluding hydrogens is 560 g/mol. The third kappa shape index (κ3) is 4.70. The van der Waals surface area contributed by atoms with E-state index >= 15 is 0 Å². The number of aromatic nitrogens is 4. The highest BCUT2D eigenvalue weighted by molar-refractivity contribution is 9.10. The van der Waals surface area contributed by atoms with E-state index in [-0.39, 0.29) is 23.1 Å². The molecule has 39 heavy (non-hydrogen) atoms. The van der Waals surface area contributed by atoms with Crippen molar-refractivity contribution in [2.75, 3.05) is 31.2 Å². The Bertz CT molecular complexity index is 1640. The van der Waals surface area contributed by atoms with Crippen LogP contribution in [0, 0.1) is 18.3 Å². The molecule has 6 rings (SSSR count). The first-order chi connectivity index (χ1) is 18.9. The second-order valence-electron chi connectivity index (χ2n) is 10.2. The normalized spacial score (nSPS) is 18.0. The Morgan fingerprint density at radius 3 is 2.69 bits per heavy atom. The fraction of sp³-hybridized carbons (Fsp3) is 0.379. The van der Waals surface area contributed by atoms with E-state index in [1.165, 1.54) is 0 Å². The molecule has 0 bridgehead atoms. The molecule has 9 nitrogen and oxygen atoms in total. The Morgan fingerprint density at radius 1 is 1.18 bits per heavy atom. The largest absolute Gasteiger partial charge is 0.487 e. The van der Waals surface area contributed by atoms with Gasteiger partial charge in [0.1, 0.15) is 23.5 Å². The maximum atomic E-state index is 13.3. The topological polar surface area (TPSA) is 98.2 Å². The first-order valence-corrected chi connectivity index (χ1v) is 14.0. The lowest BCUT2D eigenvalue weighted by atomic mass is 9.93. The number of para-hydroxylation sites is 1. The average molecular weight is 589 g/mol. The van der Waals surface area contributed by atoms with Crippen molar-refractivity contribution in [2.24, 2.45) is 7.05 Å². The van der Waals surface area contributed by atoms with E-state index in [1.807, 2.05) is 41.2 Å². The molecule has 0 spiro atoms. The van der Waals surface area contributed by atoms with Gasteiger partial charge < -0.3 is 18.9 Å². The number of halogens is 1. The highest BCUT2D eigenvalue weighted by Crippen LogP contribution is 2.39. The van der Waals surface area contributed by atoms with Gasteiger partial charge in [0.15, 0.2) is 0 Å². The minimum Gasteiger partial charge on any atom is -0.487 e. The van der Waals surface area contributed by atoms with Crippen LogP contribution < -0.4 is 15.2 Å². The van der Waals surface area contributed by atoms with Crippen LogP contribution in [0.5, 0.6) is 5.75 Å². The van der Waals surface area contributed by atoms with Gasteiger partial charge in [-0.2, -0.15) is 5.26 Å². The molecule has 2 aromatic carbocycles. The Kier molecular flexibility index (Phi) is 6.87. The summed E-state index contributed by atoms with van der Waals surface area (Å²) in [6.45, 7) is 4.70. The minimum atomic E-state index is -0.305. The van der Waals surface area contributed by atoms with E-state index in [4.69, 9.17) is 9.47 Å². The van der Waals surface area contributed by atoms with Gasteiger partial charge in [0.05, 0.1) is 46.5 Å². The van der Waals surface area contributed by atoms with Gasteiger partial charge in [-0.25, -0.2) is 4.68 Å². The van der Waals surface area contributed by atoms with Crippen LogP contribution in [0.15, 0.2) is 51.9 Å². The van der Waals surface area contributed by atoms with Crippen molar-refractivity contribution in [3.05, 3.63) is 74.2 Å². The summed E-state index contributed by atoms with van der Waals surface area (Å²) in [7, 11) is 1.70. The molecule has 0 amide bonds. The summed E-state index contributed by atoms with van der Waals surface area (Å²) < 4.78 is 15.8. The molecule has 0 aliphatic carbocycles. The molecule has 2 aliphatic rings. The Balaban J connectivity index is 1.30. The number of hydrogen-bond acceptors (Lipinski definition) is 7. The molecule has 2 aliphatic heterocycles. The maximum absolute atomic E-state index is 13.3. The maximum Gasteiger partial charge on any atom is 0.270 e. The second kappa shape index (κ2) is 10.5. The monoisotopic (exact) mass is 588 g/mol. The van der Waals surface area contributed by atoms with Crippen molar-refractivity contribution in [1.82, 2.24) is 19.6 Å². The molecule has 0 saturated carbocycles. The minimum absolute atomic E-state index is 0.0172. The van der Waals surface area contributed by atoms with Crippen LogP contribution in [0.3, 0.4) is 0 Å². The van der Waals surface area contributed by atoms with Crippen LogP contribution in [0.25, 0.3) is 16.6 Å². The fourth-order valence-corrected chi connectivity index (χ4v) is 6.07. The number of pyridine rings is 1. The number of rotatable bonds is 5. The van der Waals surface area contributed by atoms with Crippen LogP contribution in [0.1, 0.15) is 42.0 Å². The first-order valence-electron chi connectivity index (χ1n) is 13.2. The number of hydrogen-bond donors (Lipinski definition) is 0. The lowest BCUT2D eigenvalue weighted by molar-refractivity contribution is 0.141. The summed E-state index contributed by atoms with van der Waals surface area (Å²) in [6.07, 6.45) is 4.52. The molecule has 1 atom stereocenters. The highest BCUT2D eigenvalue weighted by atomic mass is 79.9. The number of benzene rings is 2. The van der Waals surface area contributed by atoms with Gasteiger partial charge in [0.2, 0.25) is 0 Å². The van der Waals surface area contributed by atoms with Crippen LogP contribution in [-0.4, -0.2) is 52.0 Å². The van der Waals surface area contributed by atoms with E-state index in [1.54, 1.807) is 11.6 Å². The molecule has 0 radical (unpaired) electrons. The number of nitrogens with zero attached hydrogens (tertiary/aromatic N) is 6. The number of ether oxygens (including phenoxy) is 2. The van der Waals surface area contributed by atoms with Gasteiger partial charge in [-0.3, -0.25) is 4.79 Å². The predicted molar refractivity (Wildman–Crippen MR) is 152 cm³/mol. The van der Waals surface area contributed by atoms with Crippen molar-refractivity contribution < 1.29 is 9.47 Å². The summed E-state index contributed by atoms with van der Waals surface area (Å²) in [5.74, 6) is 0.918. The Morgan fingerprint density at radius 2 is 1.97 bits per heavy atom. The SMILES string of the molecule is Cc1ccccc1-n1cc(C2CCN(c3c(C#N)c(=O)n(C)c4cc(O[C@@H]5CCOC5)c(Br)cc34)CC2)nn1. The number of nitriles is 1. The van der Waals surface area contributed by atoms with Gasteiger partial charge in [-0.1, -0.05) is 23.4 Å². The molecule has 2 fully saturated rings. The second-order valence-corrected chi connectivity index (χ2v) is 11.1. The van der Waals surface area contributed by atoms with Crippen LogP contribution in [-0.2, 0) is 11.8 Å². The lowest BCUT2D eigenvalue weighted by Crippen LogP contribution is -2.36. The van der Waals surface area contributed by atoms with Crippen LogP contribution in [0.2, 0.25) is 0 Å². The van der Waals surface area contributed by atoms with Gasteiger partial charge in [0.25, 0.3) is 5.56 Å². The quantitative estimate of drug-likeness (QED) is 0.335. The molecule has 0 unspecified atom stereocenters. The van der Waals surface area contributed by atoms with Crippen molar-refractivity contribution >= 4 is 32.5 Å². The zero-order valence-corrected chi connectivity index (χ0v) is 23.5. The molecule has 4 aromatic rings. The van der Waals surface area contributed by atoms with Crippen molar-refractivity contribution in [3.63, 3.8) is 0 Å². The summed E-state index contributed by atoms with van der Waals surface area (Å²) in [5, 5.41) is 19.7. The van der Waals surface area contributed by atoms with E-state index < -0.39 is 0 Å². The van der Waals surface area contributed by atoms with E-state index in [0.717, 1.165) is 51.6 Å². The van der Waals surface area contributed by atoms with Gasteiger partial charge in [0, 0.05) is 43.9 Å². The van der Waals surface area contributed by atoms with Crippen molar-refractivity contribution in [3.8, 4) is 17.5 Å². The highest BCUT2D eigenvalue weighted by Gasteiger charge is 2.28. The number of aryl methyl sites for hydroxylation is 2. The number of fused-ring (bicyclic) bond motifs is 1. The van der Waals surface area contributed by atoms with Crippen LogP contribution >= 0.6 is 15.9 Å². The Labute approximate surface area is 234 Å². The molecule has 2 saturated heterocycles. The van der Waals surface area contributed by atoms with E-state index in [0.29, 0.717) is 37.7 Å². The summed E-state index contributed by atoms with van der Waals surface area (Å²) in [4.78, 5) is 15.5. The Hall–Kier alpha value is -3.68. The third-order valence-corrected chi connectivity index (χ3v) is 8.44. The molecular formula is C29H29BrN6O3. The molecule has 10 heteroatoms. The molecule has 4 heterocycles. The van der Waals surface area contributed by atoms with E-state index in [2.05, 4.69) is 50.2 Å². The van der Waals surface area contributed by atoms with Crippen molar-refractivity contribution in [1.29, 1.82) is 5.26 Å². The fourth-order valence-electron chi connectivity index (χ4n) is 5.63. The smallest absolute Gasteiger partial charge is 0.270 e. The lowest BCUT2D eigenvalue weighted by Gasteiger charge is -2.34.